The quantitative estimate of drug-likeness (QED) is 0.501. The first kappa shape index (κ1) is 24.1. The zero-order chi connectivity index (χ0) is 24.1. The summed E-state index contributed by atoms with van der Waals surface area (Å²) >= 11 is 1.51. The van der Waals surface area contributed by atoms with E-state index in [1.165, 1.54) is 11.8 Å². The van der Waals surface area contributed by atoms with E-state index in [-0.39, 0.29) is 25.7 Å². The number of thioether (sulfide) groups is 1. The first-order chi connectivity index (χ1) is 16.5. The third-order valence-electron chi connectivity index (χ3n) is 6.29. The summed E-state index contributed by atoms with van der Waals surface area (Å²) in [7, 11) is 0. The Kier molecular flexibility index (Phi) is 7.74. The second-order valence-corrected chi connectivity index (χ2v) is 9.39. The van der Waals surface area contributed by atoms with Gasteiger partial charge in [0, 0.05) is 5.92 Å². The Hall–Kier alpha value is -3.04. The Morgan fingerprint density at radius 1 is 1.09 bits per heavy atom. The molecule has 1 fully saturated rings. The second-order valence-electron chi connectivity index (χ2n) is 8.40. The van der Waals surface area contributed by atoms with Crippen LogP contribution in [0.4, 0.5) is 4.79 Å². The number of nitrogens with one attached hydrogen (secondary N) is 2. The minimum atomic E-state index is -1.08. The Morgan fingerprint density at radius 2 is 1.74 bits per heavy atom. The molecule has 2 aromatic rings. The van der Waals surface area contributed by atoms with Crippen LogP contribution in [0.1, 0.15) is 23.5 Å². The highest BCUT2D eigenvalue weighted by atomic mass is 32.2. The van der Waals surface area contributed by atoms with E-state index in [2.05, 4.69) is 22.8 Å². The molecule has 0 radical (unpaired) electrons. The molecule has 2 aromatic carbocycles. The number of aliphatic carboxylic acids is 1. The SMILES string of the molecule is CSCC[C@H](NC(=O)C1COCC1NC(=O)OCC1c2ccccc2-c2ccccc21)C(=O)O. The van der Waals surface area contributed by atoms with Crippen molar-refractivity contribution < 1.29 is 29.0 Å². The maximum absolute atomic E-state index is 12.7. The lowest BCUT2D eigenvalue weighted by Crippen LogP contribution is -2.50. The number of carbonyl (C=O) groups excluding carboxylic acids is 2. The highest BCUT2D eigenvalue weighted by Gasteiger charge is 2.37. The summed E-state index contributed by atoms with van der Waals surface area (Å²) in [4.78, 5) is 36.8. The van der Waals surface area contributed by atoms with Gasteiger partial charge in [0.05, 0.1) is 25.2 Å². The maximum atomic E-state index is 12.7. The molecular weight excluding hydrogens is 456 g/mol. The molecule has 1 aliphatic heterocycles. The number of alkyl carbamates (subject to hydrolysis) is 1. The van der Waals surface area contributed by atoms with Gasteiger partial charge in [0.2, 0.25) is 5.91 Å². The Balaban J connectivity index is 1.35. The van der Waals surface area contributed by atoms with Crippen LogP contribution in [0.3, 0.4) is 0 Å². The minimum Gasteiger partial charge on any atom is -0.480 e. The van der Waals surface area contributed by atoms with Crippen molar-refractivity contribution in [2.45, 2.75) is 24.4 Å². The van der Waals surface area contributed by atoms with Crippen molar-refractivity contribution in [2.75, 3.05) is 31.8 Å². The number of fused-ring (bicyclic) bond motifs is 3. The van der Waals surface area contributed by atoms with Gasteiger partial charge in [0.15, 0.2) is 0 Å². The molecule has 0 aromatic heterocycles. The molecule has 34 heavy (non-hydrogen) atoms. The van der Waals surface area contributed by atoms with E-state index in [0.29, 0.717) is 12.2 Å². The normalized spacial score (nSPS) is 19.7. The van der Waals surface area contributed by atoms with Gasteiger partial charge in [-0.15, -0.1) is 0 Å². The Morgan fingerprint density at radius 3 is 2.35 bits per heavy atom. The molecular formula is C25H28N2O6S. The summed E-state index contributed by atoms with van der Waals surface area (Å²) in [6, 6.07) is 14.6. The lowest BCUT2D eigenvalue weighted by molar-refractivity contribution is -0.142. The van der Waals surface area contributed by atoms with Crippen molar-refractivity contribution in [2.24, 2.45) is 5.92 Å². The molecule has 0 bridgehead atoms. The van der Waals surface area contributed by atoms with Crippen molar-refractivity contribution in [1.29, 1.82) is 0 Å². The van der Waals surface area contributed by atoms with E-state index in [0.717, 1.165) is 22.3 Å². The summed E-state index contributed by atoms with van der Waals surface area (Å²) in [5.41, 5.74) is 4.51. The van der Waals surface area contributed by atoms with E-state index in [9.17, 15) is 19.5 Å². The van der Waals surface area contributed by atoms with Crippen molar-refractivity contribution in [3.8, 4) is 11.1 Å². The molecule has 3 atom stereocenters. The van der Waals surface area contributed by atoms with Gasteiger partial charge in [-0.2, -0.15) is 11.8 Å². The van der Waals surface area contributed by atoms with Crippen LogP contribution < -0.4 is 10.6 Å². The molecule has 1 aliphatic carbocycles. The Bertz CT molecular complexity index is 1020. The molecule has 180 valence electrons. The van der Waals surface area contributed by atoms with Crippen LogP contribution in [0.2, 0.25) is 0 Å². The van der Waals surface area contributed by atoms with Gasteiger partial charge in [0.1, 0.15) is 12.6 Å². The van der Waals surface area contributed by atoms with Crippen LogP contribution in [0, 0.1) is 5.92 Å². The fourth-order valence-electron chi connectivity index (χ4n) is 4.52. The van der Waals surface area contributed by atoms with E-state index in [1.807, 2.05) is 42.7 Å². The number of hydrogen-bond acceptors (Lipinski definition) is 6. The predicted molar refractivity (Wildman–Crippen MR) is 129 cm³/mol. The van der Waals surface area contributed by atoms with E-state index < -0.39 is 36.0 Å². The first-order valence-electron chi connectivity index (χ1n) is 11.2. The number of carboxylic acids is 1. The van der Waals surface area contributed by atoms with E-state index >= 15 is 0 Å². The number of carboxylic acid groups (broad SMARTS) is 1. The predicted octanol–water partition coefficient (Wildman–Crippen LogP) is 2.86. The minimum absolute atomic E-state index is 0.0650. The largest absolute Gasteiger partial charge is 0.480 e. The van der Waals surface area contributed by atoms with E-state index in [4.69, 9.17) is 9.47 Å². The van der Waals surface area contributed by atoms with Gasteiger partial charge in [-0.1, -0.05) is 48.5 Å². The molecule has 0 saturated carbocycles. The van der Waals surface area contributed by atoms with Gasteiger partial charge in [0.25, 0.3) is 0 Å². The summed E-state index contributed by atoms with van der Waals surface area (Å²) in [6.45, 7) is 0.430. The highest BCUT2D eigenvalue weighted by Crippen LogP contribution is 2.44. The van der Waals surface area contributed by atoms with Crippen LogP contribution >= 0.6 is 11.8 Å². The van der Waals surface area contributed by atoms with E-state index in [1.54, 1.807) is 0 Å². The average Bonchev–Trinajstić information content (AvgIpc) is 3.42. The van der Waals surface area contributed by atoms with Gasteiger partial charge < -0.3 is 25.2 Å². The topological polar surface area (TPSA) is 114 Å². The lowest BCUT2D eigenvalue weighted by Gasteiger charge is -2.21. The molecule has 2 aliphatic rings. The number of rotatable bonds is 9. The van der Waals surface area contributed by atoms with Gasteiger partial charge in [-0.05, 0) is 40.7 Å². The summed E-state index contributed by atoms with van der Waals surface area (Å²) in [6.07, 6.45) is 1.56. The number of benzene rings is 2. The van der Waals surface area contributed by atoms with Gasteiger partial charge >= 0.3 is 12.1 Å². The van der Waals surface area contributed by atoms with Crippen molar-refractivity contribution in [3.63, 3.8) is 0 Å². The summed E-state index contributed by atoms with van der Waals surface area (Å²) in [5.74, 6) is -1.67. The molecule has 3 N–H and O–H groups in total. The van der Waals surface area contributed by atoms with Crippen LogP contribution in [-0.2, 0) is 19.1 Å². The maximum Gasteiger partial charge on any atom is 0.407 e. The number of carbonyl (C=O) groups is 3. The van der Waals surface area contributed by atoms with Gasteiger partial charge in [-0.25, -0.2) is 9.59 Å². The molecule has 2 amide bonds. The summed E-state index contributed by atoms with van der Waals surface area (Å²) < 4.78 is 11.0. The van der Waals surface area contributed by atoms with Crippen molar-refractivity contribution in [3.05, 3.63) is 59.7 Å². The lowest BCUT2D eigenvalue weighted by atomic mass is 9.98. The number of hydrogen-bond donors (Lipinski definition) is 3. The highest BCUT2D eigenvalue weighted by molar-refractivity contribution is 7.98. The zero-order valence-electron chi connectivity index (χ0n) is 18.9. The third kappa shape index (κ3) is 5.20. The average molecular weight is 485 g/mol. The third-order valence-corrected chi connectivity index (χ3v) is 6.93. The molecule has 4 rings (SSSR count). The van der Waals surface area contributed by atoms with Crippen molar-refractivity contribution in [1.82, 2.24) is 10.6 Å². The first-order valence-corrected chi connectivity index (χ1v) is 12.6. The van der Waals surface area contributed by atoms with Crippen LogP contribution in [0.5, 0.6) is 0 Å². The van der Waals surface area contributed by atoms with Crippen LogP contribution in [-0.4, -0.2) is 67.0 Å². The van der Waals surface area contributed by atoms with Gasteiger partial charge in [-0.3, -0.25) is 4.79 Å². The molecule has 1 saturated heterocycles. The molecule has 2 unspecified atom stereocenters. The smallest absolute Gasteiger partial charge is 0.407 e. The standard InChI is InChI=1S/C25H28N2O6S/c1-34-11-10-21(24(29)30)26-23(28)20-12-32-14-22(20)27-25(31)33-13-19-17-8-4-2-6-15(17)16-7-3-5-9-18(16)19/h2-9,19-22H,10-14H2,1H3,(H,26,28)(H,27,31)(H,29,30)/t20?,21-,22?/m0/s1. The van der Waals surface area contributed by atoms with Crippen molar-refractivity contribution >= 4 is 29.7 Å². The number of amides is 2. The second kappa shape index (κ2) is 10.9. The fraction of sp³-hybridized carbons (Fsp3) is 0.400. The number of ether oxygens (including phenoxy) is 2. The molecule has 9 heteroatoms. The van der Waals surface area contributed by atoms with Crippen LogP contribution in [0.15, 0.2) is 48.5 Å². The Labute approximate surface area is 202 Å². The molecule has 8 nitrogen and oxygen atoms in total. The van der Waals surface area contributed by atoms with Crippen LogP contribution in [0.25, 0.3) is 11.1 Å². The molecule has 0 spiro atoms. The fourth-order valence-corrected chi connectivity index (χ4v) is 4.99. The zero-order valence-corrected chi connectivity index (χ0v) is 19.7. The monoisotopic (exact) mass is 484 g/mol. The molecule has 1 heterocycles. The summed E-state index contributed by atoms with van der Waals surface area (Å²) in [5, 5.41) is 14.7.